The van der Waals surface area contributed by atoms with Crippen LogP contribution in [0.5, 0.6) is 0 Å². The third-order valence-electron chi connectivity index (χ3n) is 2.59. The molecule has 0 atom stereocenters. The molecule has 0 fully saturated rings. The monoisotopic (exact) mass is 226 g/mol. The minimum atomic E-state index is 0.779. The van der Waals surface area contributed by atoms with Crippen LogP contribution < -0.4 is 9.88 Å². The van der Waals surface area contributed by atoms with Crippen molar-refractivity contribution in [3.05, 3.63) is 43.0 Å². The van der Waals surface area contributed by atoms with Crippen LogP contribution in [0.3, 0.4) is 0 Å². The predicted molar refractivity (Wildman–Crippen MR) is 64.8 cm³/mol. The Morgan fingerprint density at radius 2 is 2.00 bits per heavy atom. The van der Waals surface area contributed by atoms with Gasteiger partial charge in [0.1, 0.15) is 0 Å². The highest BCUT2D eigenvalue weighted by Gasteiger charge is 2.14. The first-order valence-corrected chi connectivity index (χ1v) is 5.34. The Balaban J connectivity index is 2.07. The molecular formula is C12H12N5+. The number of anilines is 2. The van der Waals surface area contributed by atoms with Gasteiger partial charge in [-0.25, -0.2) is 4.57 Å². The van der Waals surface area contributed by atoms with Crippen LogP contribution in [0.2, 0.25) is 0 Å². The molecule has 3 aromatic rings. The number of hydrogen-bond acceptors (Lipinski definition) is 3. The molecule has 2 N–H and O–H groups in total. The molecule has 3 rings (SSSR count). The summed E-state index contributed by atoms with van der Waals surface area (Å²) in [4.78, 5) is 11.7. The number of nitrogens with one attached hydrogen (secondary N) is 2. The quantitative estimate of drug-likeness (QED) is 0.651. The highest BCUT2D eigenvalue weighted by Crippen LogP contribution is 2.18. The van der Waals surface area contributed by atoms with Gasteiger partial charge in [0.05, 0.1) is 7.05 Å². The molecule has 0 amide bonds. The summed E-state index contributed by atoms with van der Waals surface area (Å²) < 4.78 is 1.88. The van der Waals surface area contributed by atoms with Gasteiger partial charge in [0.15, 0.2) is 11.8 Å². The second-order valence-corrected chi connectivity index (χ2v) is 3.80. The zero-order valence-corrected chi connectivity index (χ0v) is 9.38. The van der Waals surface area contributed by atoms with E-state index >= 15 is 0 Å². The van der Waals surface area contributed by atoms with Crippen molar-refractivity contribution >= 4 is 22.7 Å². The summed E-state index contributed by atoms with van der Waals surface area (Å²) in [6.07, 6.45) is 3.41. The maximum absolute atomic E-state index is 4.35. The van der Waals surface area contributed by atoms with Crippen molar-refractivity contribution in [2.24, 2.45) is 7.05 Å². The predicted octanol–water partition coefficient (Wildman–Crippen LogP) is 1.53. The van der Waals surface area contributed by atoms with E-state index in [2.05, 4.69) is 20.3 Å². The largest absolute Gasteiger partial charge is 0.324 e. The number of imidazole rings is 1. The van der Waals surface area contributed by atoms with E-state index in [0.717, 1.165) is 22.7 Å². The topological polar surface area (TPSA) is 57.5 Å². The molecule has 5 nitrogen and oxygen atoms in total. The molecule has 0 aliphatic carbocycles. The van der Waals surface area contributed by atoms with Gasteiger partial charge >= 0.3 is 0 Å². The lowest BCUT2D eigenvalue weighted by Crippen LogP contribution is -2.29. The molecule has 2 heterocycles. The maximum Gasteiger partial charge on any atom is 0.293 e. The Kier molecular flexibility index (Phi) is 2.22. The smallest absolute Gasteiger partial charge is 0.293 e. The highest BCUT2D eigenvalue weighted by molar-refractivity contribution is 5.82. The molecule has 0 aliphatic heterocycles. The minimum Gasteiger partial charge on any atom is -0.324 e. The van der Waals surface area contributed by atoms with Gasteiger partial charge in [0, 0.05) is 5.69 Å². The van der Waals surface area contributed by atoms with Crippen molar-refractivity contribution in [2.45, 2.75) is 0 Å². The number of fused-ring (bicyclic) bond motifs is 1. The van der Waals surface area contributed by atoms with E-state index in [1.54, 1.807) is 12.7 Å². The number of aromatic amines is 1. The first-order chi connectivity index (χ1) is 8.34. The normalized spacial score (nSPS) is 10.6. The number of H-pyrrole nitrogens is 1. The standard InChI is InChI=1S/C12H11N5/c1-17-8-15-11(10-12(17)14-7-13-10)16-9-5-3-2-4-6-9/h2-8H,1H3,(H,13,14,16)/p+1. The van der Waals surface area contributed by atoms with Crippen LogP contribution in [0.15, 0.2) is 43.0 Å². The molecule has 0 saturated carbocycles. The van der Waals surface area contributed by atoms with Crippen molar-refractivity contribution in [2.75, 3.05) is 5.32 Å². The number of para-hydroxylation sites is 1. The fourth-order valence-electron chi connectivity index (χ4n) is 1.75. The van der Waals surface area contributed by atoms with Crippen molar-refractivity contribution in [1.29, 1.82) is 0 Å². The number of aromatic nitrogens is 4. The molecule has 0 bridgehead atoms. The van der Waals surface area contributed by atoms with Crippen molar-refractivity contribution in [3.63, 3.8) is 0 Å². The van der Waals surface area contributed by atoms with Crippen LogP contribution >= 0.6 is 0 Å². The molecule has 0 radical (unpaired) electrons. The summed E-state index contributed by atoms with van der Waals surface area (Å²) in [5, 5.41) is 3.26. The van der Waals surface area contributed by atoms with Gasteiger partial charge in [-0.2, -0.15) is 0 Å². The number of hydrogen-bond donors (Lipinski definition) is 2. The first-order valence-electron chi connectivity index (χ1n) is 5.34. The fourth-order valence-corrected chi connectivity index (χ4v) is 1.75. The van der Waals surface area contributed by atoms with Gasteiger partial charge in [-0.05, 0) is 12.1 Å². The summed E-state index contributed by atoms with van der Waals surface area (Å²) >= 11 is 0. The summed E-state index contributed by atoms with van der Waals surface area (Å²) in [5.74, 6) is 0.779. The number of nitrogens with zero attached hydrogens (tertiary/aromatic N) is 3. The average molecular weight is 226 g/mol. The number of aryl methyl sites for hydroxylation is 1. The van der Waals surface area contributed by atoms with Crippen molar-refractivity contribution < 1.29 is 4.57 Å². The van der Waals surface area contributed by atoms with Crippen LogP contribution in [0.4, 0.5) is 11.5 Å². The van der Waals surface area contributed by atoms with E-state index < -0.39 is 0 Å². The lowest BCUT2D eigenvalue weighted by atomic mass is 10.3. The Labute approximate surface area is 98.2 Å². The summed E-state index contributed by atoms with van der Waals surface area (Å²) in [6, 6.07) is 9.94. The molecule has 84 valence electrons. The van der Waals surface area contributed by atoms with E-state index in [4.69, 9.17) is 0 Å². The minimum absolute atomic E-state index is 0.779. The summed E-state index contributed by atoms with van der Waals surface area (Å²) in [6.45, 7) is 0. The van der Waals surface area contributed by atoms with E-state index in [-0.39, 0.29) is 0 Å². The third kappa shape index (κ3) is 1.71. The third-order valence-corrected chi connectivity index (χ3v) is 2.59. The van der Waals surface area contributed by atoms with Crippen molar-refractivity contribution in [3.8, 4) is 0 Å². The second-order valence-electron chi connectivity index (χ2n) is 3.80. The van der Waals surface area contributed by atoms with E-state index in [0.29, 0.717) is 0 Å². The van der Waals surface area contributed by atoms with Crippen LogP contribution in [-0.4, -0.2) is 15.0 Å². The Hall–Kier alpha value is -2.43. The highest BCUT2D eigenvalue weighted by atomic mass is 15.1. The molecule has 0 aliphatic rings. The molecule has 0 unspecified atom stereocenters. The molecule has 17 heavy (non-hydrogen) atoms. The van der Waals surface area contributed by atoms with Crippen LogP contribution in [0.1, 0.15) is 0 Å². The molecule has 0 spiro atoms. The van der Waals surface area contributed by atoms with E-state index in [9.17, 15) is 0 Å². The molecule has 0 saturated heterocycles. The second kappa shape index (κ2) is 3.86. The Bertz CT molecular complexity index is 644. The first kappa shape index (κ1) is 9.77. The van der Waals surface area contributed by atoms with Crippen molar-refractivity contribution in [1.82, 2.24) is 15.0 Å². The van der Waals surface area contributed by atoms with E-state index in [1.165, 1.54) is 0 Å². The van der Waals surface area contributed by atoms with E-state index in [1.807, 2.05) is 41.9 Å². The lowest BCUT2D eigenvalue weighted by molar-refractivity contribution is -0.649. The maximum atomic E-state index is 4.35. The van der Waals surface area contributed by atoms with Gasteiger partial charge in [0.25, 0.3) is 5.65 Å². The molecule has 5 heteroatoms. The molecule has 1 aromatic carbocycles. The number of benzene rings is 1. The van der Waals surface area contributed by atoms with Gasteiger partial charge in [0.2, 0.25) is 12.1 Å². The summed E-state index contributed by atoms with van der Waals surface area (Å²) in [7, 11) is 1.92. The number of rotatable bonds is 2. The summed E-state index contributed by atoms with van der Waals surface area (Å²) in [5.41, 5.74) is 2.78. The van der Waals surface area contributed by atoms with Gasteiger partial charge in [-0.3, -0.25) is 0 Å². The average Bonchev–Trinajstić information content (AvgIpc) is 2.84. The van der Waals surface area contributed by atoms with Gasteiger partial charge in [-0.1, -0.05) is 28.2 Å². The molecule has 2 aromatic heterocycles. The zero-order valence-electron chi connectivity index (χ0n) is 9.38. The fraction of sp³-hybridized carbons (Fsp3) is 0.0833. The molecular weight excluding hydrogens is 214 g/mol. The van der Waals surface area contributed by atoms with Crippen LogP contribution in [-0.2, 0) is 7.05 Å². The Morgan fingerprint density at radius 3 is 2.82 bits per heavy atom. The lowest BCUT2D eigenvalue weighted by Gasteiger charge is -2.02. The van der Waals surface area contributed by atoms with Crippen LogP contribution in [0, 0.1) is 0 Å². The van der Waals surface area contributed by atoms with Gasteiger partial charge < -0.3 is 10.3 Å². The SMILES string of the molecule is C[n+]1cnc(Nc2ccccc2)c2[nH]cnc21. The van der Waals surface area contributed by atoms with Gasteiger partial charge in [-0.15, -0.1) is 0 Å². The van der Waals surface area contributed by atoms with Crippen LogP contribution in [0.25, 0.3) is 11.2 Å². The zero-order chi connectivity index (χ0) is 11.7. The Morgan fingerprint density at radius 1 is 1.18 bits per heavy atom.